The van der Waals surface area contributed by atoms with E-state index in [-0.39, 0.29) is 0 Å². The van der Waals surface area contributed by atoms with Gasteiger partial charge in [0.25, 0.3) is 0 Å². The predicted octanol–water partition coefficient (Wildman–Crippen LogP) is 3.43. The molecule has 0 saturated carbocycles. The fourth-order valence-electron chi connectivity index (χ4n) is 2.20. The van der Waals surface area contributed by atoms with Crippen LogP contribution in [0.1, 0.15) is 5.56 Å². The molecule has 0 spiro atoms. The Morgan fingerprint density at radius 2 is 1.74 bits per heavy atom. The van der Waals surface area contributed by atoms with Gasteiger partial charge < -0.3 is 5.73 Å². The van der Waals surface area contributed by atoms with Crippen molar-refractivity contribution < 1.29 is 0 Å². The first-order chi connectivity index (χ1) is 9.25. The lowest BCUT2D eigenvalue weighted by Crippen LogP contribution is -1.96. The molecule has 3 rings (SSSR count). The number of nitrogens with zero attached hydrogens (tertiary/aromatic N) is 2. The zero-order valence-corrected chi connectivity index (χ0v) is 10.7. The zero-order chi connectivity index (χ0) is 13.2. The maximum atomic E-state index is 5.73. The Morgan fingerprint density at radius 3 is 2.47 bits per heavy atom. The summed E-state index contributed by atoms with van der Waals surface area (Å²) in [5.74, 6) is 0. The third-order valence-electron chi connectivity index (χ3n) is 3.23. The number of imidazole rings is 1. The van der Waals surface area contributed by atoms with Crippen molar-refractivity contribution in [1.82, 2.24) is 9.55 Å². The SMILES string of the molecule is Cc1ccccc1-c1cncn1-c1ccc(N)cc1. The summed E-state index contributed by atoms with van der Waals surface area (Å²) < 4.78 is 2.07. The van der Waals surface area contributed by atoms with Crippen LogP contribution in [0, 0.1) is 6.92 Å². The van der Waals surface area contributed by atoms with Crippen molar-refractivity contribution in [1.29, 1.82) is 0 Å². The number of aromatic nitrogens is 2. The molecular formula is C16H15N3. The van der Waals surface area contributed by atoms with Gasteiger partial charge in [0.2, 0.25) is 0 Å². The van der Waals surface area contributed by atoms with Crippen LogP contribution in [-0.4, -0.2) is 9.55 Å². The molecule has 0 aliphatic heterocycles. The van der Waals surface area contributed by atoms with Gasteiger partial charge in [-0.2, -0.15) is 0 Å². The summed E-state index contributed by atoms with van der Waals surface area (Å²) in [7, 11) is 0. The van der Waals surface area contributed by atoms with Gasteiger partial charge >= 0.3 is 0 Å². The number of hydrogen-bond acceptors (Lipinski definition) is 2. The minimum absolute atomic E-state index is 0.765. The minimum atomic E-state index is 0.765. The van der Waals surface area contributed by atoms with Crippen LogP contribution in [-0.2, 0) is 0 Å². The molecule has 94 valence electrons. The van der Waals surface area contributed by atoms with E-state index in [9.17, 15) is 0 Å². The largest absolute Gasteiger partial charge is 0.399 e. The number of nitrogens with two attached hydrogens (primary N) is 1. The van der Waals surface area contributed by atoms with Crippen molar-refractivity contribution in [3.63, 3.8) is 0 Å². The van der Waals surface area contributed by atoms with Gasteiger partial charge in [-0.15, -0.1) is 0 Å². The van der Waals surface area contributed by atoms with Crippen molar-refractivity contribution in [2.24, 2.45) is 0 Å². The highest BCUT2D eigenvalue weighted by Crippen LogP contribution is 2.25. The summed E-state index contributed by atoms with van der Waals surface area (Å²) in [6.45, 7) is 2.11. The Kier molecular flexibility index (Phi) is 2.80. The van der Waals surface area contributed by atoms with E-state index in [1.807, 2.05) is 48.9 Å². The van der Waals surface area contributed by atoms with Crippen LogP contribution < -0.4 is 5.73 Å². The lowest BCUT2D eigenvalue weighted by atomic mass is 10.1. The van der Waals surface area contributed by atoms with E-state index < -0.39 is 0 Å². The van der Waals surface area contributed by atoms with E-state index in [0.717, 1.165) is 17.1 Å². The zero-order valence-electron chi connectivity index (χ0n) is 10.7. The first kappa shape index (κ1) is 11.5. The first-order valence-electron chi connectivity index (χ1n) is 6.20. The molecule has 0 fully saturated rings. The first-order valence-corrected chi connectivity index (χ1v) is 6.20. The fraction of sp³-hybridized carbons (Fsp3) is 0.0625. The summed E-state index contributed by atoms with van der Waals surface area (Å²) in [5, 5.41) is 0. The molecule has 0 aliphatic rings. The number of aryl methyl sites for hydroxylation is 1. The average molecular weight is 249 g/mol. The van der Waals surface area contributed by atoms with E-state index in [2.05, 4.69) is 28.6 Å². The molecule has 0 amide bonds. The molecular weight excluding hydrogens is 234 g/mol. The predicted molar refractivity (Wildman–Crippen MR) is 78.1 cm³/mol. The highest BCUT2D eigenvalue weighted by molar-refractivity contribution is 5.65. The van der Waals surface area contributed by atoms with Crippen LogP contribution in [0.15, 0.2) is 61.1 Å². The molecule has 0 atom stereocenters. The highest BCUT2D eigenvalue weighted by atomic mass is 15.0. The standard InChI is InChI=1S/C16H15N3/c1-12-4-2-3-5-15(12)16-10-18-11-19(16)14-8-6-13(17)7-9-14/h2-11H,17H2,1H3. The molecule has 0 unspecified atom stereocenters. The Bertz CT molecular complexity index is 696. The van der Waals surface area contributed by atoms with Gasteiger partial charge in [-0.3, -0.25) is 4.57 Å². The summed E-state index contributed by atoms with van der Waals surface area (Å²) in [6, 6.07) is 16.1. The van der Waals surface area contributed by atoms with E-state index >= 15 is 0 Å². The normalized spacial score (nSPS) is 10.6. The van der Waals surface area contributed by atoms with Gasteiger partial charge in [0.05, 0.1) is 18.2 Å². The van der Waals surface area contributed by atoms with Gasteiger partial charge in [0.1, 0.15) is 0 Å². The lowest BCUT2D eigenvalue weighted by molar-refractivity contribution is 1.06. The number of hydrogen-bond donors (Lipinski definition) is 1. The Balaban J connectivity index is 2.13. The van der Waals surface area contributed by atoms with Gasteiger partial charge in [-0.1, -0.05) is 24.3 Å². The maximum Gasteiger partial charge on any atom is 0.0997 e. The van der Waals surface area contributed by atoms with Gasteiger partial charge in [-0.25, -0.2) is 4.98 Å². The summed E-state index contributed by atoms with van der Waals surface area (Å²) >= 11 is 0. The molecule has 0 aliphatic carbocycles. The molecule has 2 aromatic carbocycles. The fourth-order valence-corrected chi connectivity index (χ4v) is 2.20. The minimum Gasteiger partial charge on any atom is -0.399 e. The number of rotatable bonds is 2. The lowest BCUT2D eigenvalue weighted by Gasteiger charge is -2.10. The molecule has 3 nitrogen and oxygen atoms in total. The van der Waals surface area contributed by atoms with Crippen LogP contribution in [0.2, 0.25) is 0 Å². The highest BCUT2D eigenvalue weighted by Gasteiger charge is 2.08. The van der Waals surface area contributed by atoms with E-state index in [0.29, 0.717) is 0 Å². The molecule has 3 aromatic rings. The number of benzene rings is 2. The average Bonchev–Trinajstić information content (AvgIpc) is 2.89. The van der Waals surface area contributed by atoms with Gasteiger partial charge in [0, 0.05) is 16.9 Å². The van der Waals surface area contributed by atoms with Crippen LogP contribution in [0.4, 0.5) is 5.69 Å². The Morgan fingerprint density at radius 1 is 1.00 bits per heavy atom. The summed E-state index contributed by atoms with van der Waals surface area (Å²) in [6.07, 6.45) is 3.71. The molecule has 3 heteroatoms. The second-order valence-electron chi connectivity index (χ2n) is 4.56. The van der Waals surface area contributed by atoms with Crippen molar-refractivity contribution in [3.8, 4) is 16.9 Å². The van der Waals surface area contributed by atoms with E-state index in [1.165, 1.54) is 11.1 Å². The van der Waals surface area contributed by atoms with Crippen molar-refractivity contribution in [3.05, 3.63) is 66.6 Å². The Labute approximate surface area is 112 Å². The molecule has 0 bridgehead atoms. The van der Waals surface area contributed by atoms with Crippen LogP contribution in [0.5, 0.6) is 0 Å². The second-order valence-corrected chi connectivity index (χ2v) is 4.56. The van der Waals surface area contributed by atoms with Crippen LogP contribution in [0.3, 0.4) is 0 Å². The summed E-state index contributed by atoms with van der Waals surface area (Å²) in [4.78, 5) is 4.27. The van der Waals surface area contributed by atoms with Gasteiger partial charge in [0.15, 0.2) is 0 Å². The maximum absolute atomic E-state index is 5.73. The summed E-state index contributed by atoms with van der Waals surface area (Å²) in [5.41, 5.74) is 11.1. The smallest absolute Gasteiger partial charge is 0.0997 e. The van der Waals surface area contributed by atoms with Crippen LogP contribution >= 0.6 is 0 Å². The number of anilines is 1. The monoisotopic (exact) mass is 249 g/mol. The topological polar surface area (TPSA) is 43.8 Å². The molecule has 19 heavy (non-hydrogen) atoms. The van der Waals surface area contributed by atoms with E-state index in [4.69, 9.17) is 5.73 Å². The van der Waals surface area contributed by atoms with Crippen molar-refractivity contribution in [2.45, 2.75) is 6.92 Å². The molecule has 2 N–H and O–H groups in total. The Hall–Kier alpha value is -2.55. The van der Waals surface area contributed by atoms with Crippen molar-refractivity contribution in [2.75, 3.05) is 5.73 Å². The molecule has 1 aromatic heterocycles. The van der Waals surface area contributed by atoms with Crippen LogP contribution in [0.25, 0.3) is 16.9 Å². The van der Waals surface area contributed by atoms with Crippen molar-refractivity contribution >= 4 is 5.69 Å². The van der Waals surface area contributed by atoms with E-state index in [1.54, 1.807) is 0 Å². The molecule has 0 saturated heterocycles. The number of nitrogen functional groups attached to an aromatic ring is 1. The second kappa shape index (κ2) is 4.61. The third kappa shape index (κ3) is 2.10. The molecule has 0 radical (unpaired) electrons. The molecule has 1 heterocycles. The van der Waals surface area contributed by atoms with Gasteiger partial charge in [-0.05, 0) is 36.8 Å². The third-order valence-corrected chi connectivity index (χ3v) is 3.23. The quantitative estimate of drug-likeness (QED) is 0.707.